The maximum atomic E-state index is 12.7. The Labute approximate surface area is 197 Å². The summed E-state index contributed by atoms with van der Waals surface area (Å²) in [5.41, 5.74) is 4.25. The molecule has 6 nitrogen and oxygen atoms in total. The average Bonchev–Trinajstić information content (AvgIpc) is 3.13. The third kappa shape index (κ3) is 5.40. The SMILES string of the molecule is Cc1ccc(C(=O)Nc2ccc(OCCN3CCCCC3)c(-c3c(Br)cnn3C)c2)cc1. The minimum absolute atomic E-state index is 0.140. The number of piperidine rings is 1. The van der Waals surface area contributed by atoms with Gasteiger partial charge in [0.05, 0.1) is 16.4 Å². The van der Waals surface area contributed by atoms with E-state index < -0.39 is 0 Å². The number of anilines is 1. The van der Waals surface area contributed by atoms with E-state index in [1.165, 1.54) is 19.3 Å². The van der Waals surface area contributed by atoms with Crippen molar-refractivity contribution in [2.45, 2.75) is 26.2 Å². The Hall–Kier alpha value is -2.64. The highest BCUT2D eigenvalue weighted by Crippen LogP contribution is 2.36. The van der Waals surface area contributed by atoms with Crippen molar-refractivity contribution in [2.75, 3.05) is 31.6 Å². The molecule has 1 amide bonds. The molecule has 1 aliphatic heterocycles. The van der Waals surface area contributed by atoms with Gasteiger partial charge in [-0.25, -0.2) is 0 Å². The second-order valence-corrected chi connectivity index (χ2v) is 9.10. The zero-order valence-electron chi connectivity index (χ0n) is 18.6. The lowest BCUT2D eigenvalue weighted by Crippen LogP contribution is -2.33. The lowest BCUT2D eigenvalue weighted by atomic mass is 10.1. The van der Waals surface area contributed by atoms with E-state index >= 15 is 0 Å². The van der Waals surface area contributed by atoms with Crippen LogP contribution in [0.3, 0.4) is 0 Å². The molecular weight excluding hydrogens is 468 g/mol. The zero-order chi connectivity index (χ0) is 22.5. The van der Waals surface area contributed by atoms with E-state index in [0.717, 1.165) is 46.7 Å². The van der Waals surface area contributed by atoms with Crippen molar-refractivity contribution in [3.63, 3.8) is 0 Å². The van der Waals surface area contributed by atoms with Gasteiger partial charge in [0.25, 0.3) is 5.91 Å². The fourth-order valence-electron chi connectivity index (χ4n) is 4.01. The summed E-state index contributed by atoms with van der Waals surface area (Å²) in [7, 11) is 1.90. The number of nitrogens with zero attached hydrogens (tertiary/aromatic N) is 3. The summed E-state index contributed by atoms with van der Waals surface area (Å²) < 4.78 is 8.90. The number of hydrogen-bond acceptors (Lipinski definition) is 4. The first-order valence-electron chi connectivity index (χ1n) is 11.1. The predicted molar refractivity (Wildman–Crippen MR) is 131 cm³/mol. The Balaban J connectivity index is 1.54. The minimum Gasteiger partial charge on any atom is -0.492 e. The molecule has 0 bridgehead atoms. The summed E-state index contributed by atoms with van der Waals surface area (Å²) in [6.07, 6.45) is 5.63. The molecule has 2 aromatic carbocycles. The van der Waals surface area contributed by atoms with E-state index in [1.54, 1.807) is 6.20 Å². The molecule has 168 valence electrons. The van der Waals surface area contributed by atoms with E-state index in [2.05, 4.69) is 31.2 Å². The van der Waals surface area contributed by atoms with Crippen molar-refractivity contribution in [1.29, 1.82) is 0 Å². The van der Waals surface area contributed by atoms with Crippen LogP contribution < -0.4 is 10.1 Å². The monoisotopic (exact) mass is 496 g/mol. The van der Waals surface area contributed by atoms with Gasteiger partial charge in [0.15, 0.2) is 0 Å². The lowest BCUT2D eigenvalue weighted by molar-refractivity contribution is 0.102. The Morgan fingerprint density at radius 3 is 2.56 bits per heavy atom. The van der Waals surface area contributed by atoms with Gasteiger partial charge in [0, 0.05) is 30.4 Å². The van der Waals surface area contributed by atoms with Crippen LogP contribution in [0.1, 0.15) is 35.2 Å². The highest BCUT2D eigenvalue weighted by atomic mass is 79.9. The average molecular weight is 497 g/mol. The first-order valence-corrected chi connectivity index (χ1v) is 11.9. The van der Waals surface area contributed by atoms with Crippen molar-refractivity contribution in [3.05, 3.63) is 64.3 Å². The van der Waals surface area contributed by atoms with Crippen LogP contribution in [0.4, 0.5) is 5.69 Å². The van der Waals surface area contributed by atoms with Crippen molar-refractivity contribution in [1.82, 2.24) is 14.7 Å². The van der Waals surface area contributed by atoms with Crippen LogP contribution in [0, 0.1) is 6.92 Å². The standard InChI is InChI=1S/C25H29BrN4O2/c1-18-6-8-19(9-7-18)25(31)28-20-10-11-23(32-15-14-30-12-4-3-5-13-30)21(16-20)24-22(26)17-27-29(24)2/h6-11,16-17H,3-5,12-15H2,1-2H3,(H,28,31). The highest BCUT2D eigenvalue weighted by molar-refractivity contribution is 9.10. The second-order valence-electron chi connectivity index (χ2n) is 8.25. The van der Waals surface area contributed by atoms with Gasteiger partial charge in [-0.15, -0.1) is 0 Å². The Morgan fingerprint density at radius 2 is 1.88 bits per heavy atom. The number of benzene rings is 2. The molecule has 1 aromatic heterocycles. The molecule has 7 heteroatoms. The molecule has 0 spiro atoms. The number of amides is 1. The predicted octanol–water partition coefficient (Wildman–Crippen LogP) is 5.28. The molecule has 0 saturated carbocycles. The Morgan fingerprint density at radius 1 is 1.12 bits per heavy atom. The van der Waals surface area contributed by atoms with Gasteiger partial charge in [-0.2, -0.15) is 5.10 Å². The highest BCUT2D eigenvalue weighted by Gasteiger charge is 2.17. The van der Waals surface area contributed by atoms with Gasteiger partial charge in [0.1, 0.15) is 12.4 Å². The number of aryl methyl sites for hydroxylation is 2. The fourth-order valence-corrected chi connectivity index (χ4v) is 4.57. The third-order valence-electron chi connectivity index (χ3n) is 5.81. The normalized spacial score (nSPS) is 14.3. The summed E-state index contributed by atoms with van der Waals surface area (Å²) >= 11 is 3.60. The van der Waals surface area contributed by atoms with Crippen molar-refractivity contribution in [3.8, 4) is 17.0 Å². The number of rotatable bonds is 7. The molecule has 32 heavy (non-hydrogen) atoms. The topological polar surface area (TPSA) is 59.4 Å². The van der Waals surface area contributed by atoms with Gasteiger partial charge in [0.2, 0.25) is 0 Å². The number of aromatic nitrogens is 2. The number of carbonyl (C=O) groups excluding carboxylic acids is 1. The van der Waals surface area contributed by atoms with Crippen molar-refractivity contribution < 1.29 is 9.53 Å². The summed E-state index contributed by atoms with van der Waals surface area (Å²) in [5, 5.41) is 7.36. The Kier molecular flexibility index (Phi) is 7.27. The molecule has 0 radical (unpaired) electrons. The van der Waals surface area contributed by atoms with E-state index in [4.69, 9.17) is 4.74 Å². The number of hydrogen-bond donors (Lipinski definition) is 1. The first-order chi connectivity index (χ1) is 15.5. The summed E-state index contributed by atoms with van der Waals surface area (Å²) in [4.78, 5) is 15.2. The molecule has 3 aromatic rings. The molecule has 1 saturated heterocycles. The summed E-state index contributed by atoms with van der Waals surface area (Å²) in [6, 6.07) is 13.3. The molecule has 1 aliphatic rings. The fraction of sp³-hybridized carbons (Fsp3) is 0.360. The summed E-state index contributed by atoms with van der Waals surface area (Å²) in [6.45, 7) is 5.83. The molecule has 4 rings (SSSR count). The van der Waals surface area contributed by atoms with E-state index in [1.807, 2.05) is 61.1 Å². The molecular formula is C25H29BrN4O2. The number of nitrogens with one attached hydrogen (secondary N) is 1. The van der Waals surface area contributed by atoms with Crippen LogP contribution in [-0.2, 0) is 7.05 Å². The van der Waals surface area contributed by atoms with Crippen molar-refractivity contribution >= 4 is 27.5 Å². The quantitative estimate of drug-likeness (QED) is 0.483. The smallest absolute Gasteiger partial charge is 0.255 e. The number of likely N-dealkylation sites (tertiary alicyclic amines) is 1. The minimum atomic E-state index is -0.140. The third-order valence-corrected chi connectivity index (χ3v) is 6.39. The number of halogens is 1. The molecule has 2 heterocycles. The number of ether oxygens (including phenoxy) is 1. The van der Waals surface area contributed by atoms with Gasteiger partial charge < -0.3 is 10.1 Å². The van der Waals surface area contributed by atoms with E-state index in [9.17, 15) is 4.79 Å². The van der Waals surface area contributed by atoms with Crippen LogP contribution in [0.2, 0.25) is 0 Å². The molecule has 1 N–H and O–H groups in total. The molecule has 1 fully saturated rings. The van der Waals surface area contributed by atoms with Crippen LogP contribution in [-0.4, -0.2) is 46.8 Å². The van der Waals surface area contributed by atoms with Crippen molar-refractivity contribution in [2.24, 2.45) is 7.05 Å². The number of carbonyl (C=O) groups is 1. The molecule has 0 atom stereocenters. The zero-order valence-corrected chi connectivity index (χ0v) is 20.2. The van der Waals surface area contributed by atoms with Gasteiger partial charge >= 0.3 is 0 Å². The molecule has 0 unspecified atom stereocenters. The van der Waals surface area contributed by atoms with Gasteiger partial charge in [-0.3, -0.25) is 14.4 Å². The molecule has 0 aliphatic carbocycles. The van der Waals surface area contributed by atoms with Crippen LogP contribution in [0.25, 0.3) is 11.3 Å². The Bertz CT molecular complexity index is 1050. The maximum Gasteiger partial charge on any atom is 0.255 e. The van der Waals surface area contributed by atoms with Gasteiger partial charge in [-0.05, 0) is 79.1 Å². The van der Waals surface area contributed by atoms with Crippen LogP contribution in [0.15, 0.2) is 53.1 Å². The van der Waals surface area contributed by atoms with Gasteiger partial charge in [-0.1, -0.05) is 24.1 Å². The van der Waals surface area contributed by atoms with Crippen LogP contribution >= 0.6 is 15.9 Å². The van der Waals surface area contributed by atoms with E-state index in [0.29, 0.717) is 17.9 Å². The maximum absolute atomic E-state index is 12.7. The first kappa shape index (κ1) is 22.6. The summed E-state index contributed by atoms with van der Waals surface area (Å²) in [5.74, 6) is 0.637. The van der Waals surface area contributed by atoms with E-state index in [-0.39, 0.29) is 5.91 Å². The second kappa shape index (κ2) is 10.3. The van der Waals surface area contributed by atoms with Crippen LogP contribution in [0.5, 0.6) is 5.75 Å². The lowest BCUT2D eigenvalue weighted by Gasteiger charge is -2.26. The largest absolute Gasteiger partial charge is 0.492 e.